The van der Waals surface area contributed by atoms with Crippen LogP contribution in [-0.2, 0) is 5.54 Å². The first-order valence-corrected chi connectivity index (χ1v) is 6.86. The first kappa shape index (κ1) is 14.6. The summed E-state index contributed by atoms with van der Waals surface area (Å²) in [7, 11) is 0. The number of aromatic hydroxyl groups is 1. The molecule has 0 spiro atoms. The van der Waals surface area contributed by atoms with E-state index in [0.29, 0.717) is 5.56 Å². The lowest BCUT2D eigenvalue weighted by Crippen LogP contribution is -2.39. The van der Waals surface area contributed by atoms with E-state index in [0.717, 1.165) is 4.47 Å². The average Bonchev–Trinajstić information content (AvgIpc) is 2.28. The summed E-state index contributed by atoms with van der Waals surface area (Å²) >= 11 is 3.31. The summed E-state index contributed by atoms with van der Waals surface area (Å²) in [4.78, 5) is 26.1. The number of aromatic nitrogens is 2. The molecular formula is C14H15BrN2O3. The highest BCUT2D eigenvalue weighted by Crippen LogP contribution is 2.28. The van der Waals surface area contributed by atoms with E-state index in [9.17, 15) is 14.7 Å². The van der Waals surface area contributed by atoms with Gasteiger partial charge in [0.25, 0.3) is 5.56 Å². The molecule has 1 heterocycles. The minimum atomic E-state index is -0.643. The number of halogens is 1. The van der Waals surface area contributed by atoms with E-state index in [-0.39, 0.29) is 11.4 Å². The number of benzene rings is 1. The van der Waals surface area contributed by atoms with E-state index in [2.05, 4.69) is 20.9 Å². The molecule has 0 bridgehead atoms. The van der Waals surface area contributed by atoms with Gasteiger partial charge >= 0.3 is 5.69 Å². The normalized spacial score (nSPS) is 11.6. The molecule has 0 saturated heterocycles. The van der Waals surface area contributed by atoms with Crippen LogP contribution in [0, 0.1) is 0 Å². The van der Waals surface area contributed by atoms with Crippen LogP contribution in [0.2, 0.25) is 0 Å². The van der Waals surface area contributed by atoms with Crippen LogP contribution in [0.15, 0.2) is 38.3 Å². The Bertz CT molecular complexity index is 752. The lowest BCUT2D eigenvalue weighted by molar-refractivity contribution is 0.308. The average molecular weight is 339 g/mol. The highest BCUT2D eigenvalue weighted by molar-refractivity contribution is 9.10. The van der Waals surface area contributed by atoms with Crippen molar-refractivity contribution in [1.29, 1.82) is 0 Å². The monoisotopic (exact) mass is 338 g/mol. The van der Waals surface area contributed by atoms with Crippen molar-refractivity contribution in [2.75, 3.05) is 0 Å². The van der Waals surface area contributed by atoms with Crippen LogP contribution in [0.4, 0.5) is 0 Å². The zero-order chi connectivity index (χ0) is 15.1. The summed E-state index contributed by atoms with van der Waals surface area (Å²) in [6.45, 7) is 5.33. The SMILES string of the molecule is CC(C)(C)n1c(O)c(-c2ccc(Br)cc2)c(=O)[nH]c1=O. The van der Waals surface area contributed by atoms with Crippen molar-refractivity contribution in [3.05, 3.63) is 49.6 Å². The van der Waals surface area contributed by atoms with Crippen LogP contribution >= 0.6 is 15.9 Å². The Hall–Kier alpha value is -1.82. The van der Waals surface area contributed by atoms with Gasteiger partial charge in [0, 0.05) is 10.0 Å². The molecule has 6 heteroatoms. The largest absolute Gasteiger partial charge is 0.494 e. The fourth-order valence-corrected chi connectivity index (χ4v) is 2.29. The van der Waals surface area contributed by atoms with Crippen molar-refractivity contribution < 1.29 is 5.11 Å². The fourth-order valence-electron chi connectivity index (χ4n) is 2.02. The second kappa shape index (κ2) is 4.94. The molecule has 0 fully saturated rings. The maximum Gasteiger partial charge on any atom is 0.331 e. The molecule has 0 amide bonds. The summed E-state index contributed by atoms with van der Waals surface area (Å²) < 4.78 is 2.03. The fraction of sp³-hybridized carbons (Fsp3) is 0.286. The molecule has 0 atom stereocenters. The Morgan fingerprint density at radius 3 is 2.20 bits per heavy atom. The zero-order valence-corrected chi connectivity index (χ0v) is 13.0. The second-order valence-electron chi connectivity index (χ2n) is 5.47. The molecule has 0 saturated carbocycles. The van der Waals surface area contributed by atoms with Crippen LogP contribution in [0.3, 0.4) is 0 Å². The number of rotatable bonds is 1. The number of H-pyrrole nitrogens is 1. The highest BCUT2D eigenvalue weighted by Gasteiger charge is 2.23. The van der Waals surface area contributed by atoms with Crippen molar-refractivity contribution in [2.45, 2.75) is 26.3 Å². The minimum absolute atomic E-state index is 0.0898. The zero-order valence-electron chi connectivity index (χ0n) is 11.4. The summed E-state index contributed by atoms with van der Waals surface area (Å²) in [5.41, 5.74) is -1.23. The lowest BCUT2D eigenvalue weighted by Gasteiger charge is -2.24. The van der Waals surface area contributed by atoms with E-state index in [1.807, 2.05) is 0 Å². The summed E-state index contributed by atoms with van der Waals surface area (Å²) in [6.07, 6.45) is 0. The second-order valence-corrected chi connectivity index (χ2v) is 6.39. The Kier molecular flexibility index (Phi) is 3.60. The molecular weight excluding hydrogens is 324 g/mol. The molecule has 5 nitrogen and oxygen atoms in total. The van der Waals surface area contributed by atoms with Gasteiger partial charge < -0.3 is 5.11 Å². The third-order valence-corrected chi connectivity index (χ3v) is 3.42. The Morgan fingerprint density at radius 1 is 1.15 bits per heavy atom. The number of nitrogens with one attached hydrogen (secondary N) is 1. The maximum atomic E-state index is 12.0. The topological polar surface area (TPSA) is 75.1 Å². The van der Waals surface area contributed by atoms with Gasteiger partial charge in [-0.3, -0.25) is 14.3 Å². The molecule has 106 valence electrons. The molecule has 20 heavy (non-hydrogen) atoms. The van der Waals surface area contributed by atoms with Crippen molar-refractivity contribution in [3.8, 4) is 17.0 Å². The van der Waals surface area contributed by atoms with Gasteiger partial charge in [-0.05, 0) is 38.5 Å². The van der Waals surface area contributed by atoms with Gasteiger partial charge in [0.1, 0.15) is 5.56 Å². The maximum absolute atomic E-state index is 12.0. The van der Waals surface area contributed by atoms with E-state index < -0.39 is 16.8 Å². The molecule has 2 rings (SSSR count). The van der Waals surface area contributed by atoms with Gasteiger partial charge in [0.15, 0.2) is 0 Å². The van der Waals surface area contributed by atoms with Gasteiger partial charge in [0.2, 0.25) is 5.88 Å². The Labute approximate surface area is 124 Å². The number of aromatic amines is 1. The number of nitrogens with zero attached hydrogens (tertiary/aromatic N) is 1. The molecule has 2 N–H and O–H groups in total. The standard InChI is InChI=1S/C14H15BrN2O3/c1-14(2,3)17-12(19)10(11(18)16-13(17)20)8-4-6-9(15)7-5-8/h4-7,19H,1-3H3,(H,16,18,20). The summed E-state index contributed by atoms with van der Waals surface area (Å²) in [5, 5.41) is 10.3. The molecule has 2 aromatic rings. The summed E-state index contributed by atoms with van der Waals surface area (Å²) in [6, 6.07) is 6.93. The molecule has 0 aliphatic rings. The minimum Gasteiger partial charge on any atom is -0.494 e. The van der Waals surface area contributed by atoms with Crippen LogP contribution in [0.25, 0.3) is 11.1 Å². The summed E-state index contributed by atoms with van der Waals surface area (Å²) in [5.74, 6) is -0.325. The van der Waals surface area contributed by atoms with Crippen molar-refractivity contribution in [3.63, 3.8) is 0 Å². The first-order chi connectivity index (χ1) is 9.21. The Balaban J connectivity index is 2.81. The smallest absolute Gasteiger partial charge is 0.331 e. The van der Waals surface area contributed by atoms with Crippen molar-refractivity contribution in [1.82, 2.24) is 9.55 Å². The predicted molar refractivity (Wildman–Crippen MR) is 81.1 cm³/mol. The Morgan fingerprint density at radius 2 is 1.70 bits per heavy atom. The van der Waals surface area contributed by atoms with Crippen LogP contribution in [0.5, 0.6) is 5.88 Å². The van der Waals surface area contributed by atoms with Gasteiger partial charge in [-0.2, -0.15) is 0 Å². The lowest BCUT2D eigenvalue weighted by atomic mass is 10.1. The van der Waals surface area contributed by atoms with Crippen LogP contribution in [-0.4, -0.2) is 14.7 Å². The number of hydrogen-bond acceptors (Lipinski definition) is 3. The van der Waals surface area contributed by atoms with E-state index in [4.69, 9.17) is 0 Å². The van der Waals surface area contributed by atoms with Gasteiger partial charge in [-0.15, -0.1) is 0 Å². The van der Waals surface area contributed by atoms with E-state index >= 15 is 0 Å². The van der Waals surface area contributed by atoms with Crippen LogP contribution < -0.4 is 11.2 Å². The molecule has 0 unspecified atom stereocenters. The van der Waals surface area contributed by atoms with E-state index in [1.54, 1.807) is 45.0 Å². The third kappa shape index (κ3) is 2.56. The predicted octanol–water partition coefficient (Wildman–Crippen LogP) is 2.43. The van der Waals surface area contributed by atoms with Crippen molar-refractivity contribution in [2.24, 2.45) is 0 Å². The van der Waals surface area contributed by atoms with Gasteiger partial charge in [-0.1, -0.05) is 28.1 Å². The molecule has 1 aromatic heterocycles. The van der Waals surface area contributed by atoms with E-state index in [1.165, 1.54) is 4.57 Å². The molecule has 0 radical (unpaired) electrons. The van der Waals surface area contributed by atoms with Crippen LogP contribution in [0.1, 0.15) is 20.8 Å². The highest BCUT2D eigenvalue weighted by atomic mass is 79.9. The molecule has 0 aliphatic carbocycles. The van der Waals surface area contributed by atoms with Gasteiger partial charge in [0.05, 0.1) is 0 Å². The molecule has 1 aromatic carbocycles. The third-order valence-electron chi connectivity index (χ3n) is 2.89. The molecule has 0 aliphatic heterocycles. The quantitative estimate of drug-likeness (QED) is 0.838. The van der Waals surface area contributed by atoms with Crippen molar-refractivity contribution >= 4 is 15.9 Å². The number of hydrogen-bond donors (Lipinski definition) is 2. The first-order valence-electron chi connectivity index (χ1n) is 6.06. The van der Waals surface area contributed by atoms with Gasteiger partial charge in [-0.25, -0.2) is 4.79 Å².